The molecule has 2 N–H and O–H groups in total. The van der Waals surface area contributed by atoms with Crippen molar-refractivity contribution in [3.8, 4) is 0 Å². The molecule has 2 aromatic rings. The molecule has 0 saturated carbocycles. The lowest BCUT2D eigenvalue weighted by Gasteiger charge is -2.05. The Morgan fingerprint density at radius 2 is 2.24 bits per heavy atom. The van der Waals surface area contributed by atoms with Gasteiger partial charge >= 0.3 is 0 Å². The predicted molar refractivity (Wildman–Crippen MR) is 64.5 cm³/mol. The molecule has 0 fully saturated rings. The smallest absolute Gasteiger partial charge is 0.267 e. The summed E-state index contributed by atoms with van der Waals surface area (Å²) in [6.07, 6.45) is 3.36. The highest BCUT2D eigenvalue weighted by molar-refractivity contribution is 5.16. The first-order valence-corrected chi connectivity index (χ1v) is 5.36. The number of aryl methyl sites for hydroxylation is 1. The van der Waals surface area contributed by atoms with Crippen LogP contribution in [0.2, 0.25) is 0 Å². The molecule has 2 aromatic heterocycles. The summed E-state index contributed by atoms with van der Waals surface area (Å²) < 4.78 is 1.42. The van der Waals surface area contributed by atoms with Crippen LogP contribution >= 0.6 is 0 Å². The van der Waals surface area contributed by atoms with Crippen LogP contribution in [0.5, 0.6) is 0 Å². The lowest BCUT2D eigenvalue weighted by molar-refractivity contribution is 0.634. The maximum absolute atomic E-state index is 11.7. The molecule has 0 amide bonds. The molecule has 0 aliphatic rings. The maximum Gasteiger partial charge on any atom is 0.267 e. The van der Waals surface area contributed by atoms with Gasteiger partial charge < -0.3 is 5.73 Å². The molecular weight excluding hydrogens is 216 g/mol. The number of nitrogens with two attached hydrogens (primary N) is 1. The molecule has 0 aliphatic carbocycles. The van der Waals surface area contributed by atoms with Gasteiger partial charge in [-0.05, 0) is 30.2 Å². The van der Waals surface area contributed by atoms with Crippen LogP contribution in [0.25, 0.3) is 0 Å². The van der Waals surface area contributed by atoms with E-state index in [0.29, 0.717) is 13.1 Å². The molecule has 0 unspecified atom stereocenters. The molecule has 0 radical (unpaired) electrons. The van der Waals surface area contributed by atoms with Crippen LogP contribution in [0.1, 0.15) is 16.8 Å². The Balaban J connectivity index is 2.28. The molecule has 5 heteroatoms. The van der Waals surface area contributed by atoms with Gasteiger partial charge in [0.2, 0.25) is 0 Å². The van der Waals surface area contributed by atoms with E-state index in [1.165, 1.54) is 4.68 Å². The zero-order chi connectivity index (χ0) is 12.3. The number of rotatable bonds is 3. The van der Waals surface area contributed by atoms with Crippen LogP contribution in [0.3, 0.4) is 0 Å². The summed E-state index contributed by atoms with van der Waals surface area (Å²) in [6, 6.07) is 5.30. The van der Waals surface area contributed by atoms with E-state index in [1.807, 2.05) is 19.1 Å². The zero-order valence-electron chi connectivity index (χ0n) is 9.63. The standard InChI is InChI=1S/C12H14N4O/c1-9-4-12(17)16(15-7-9)8-10-2-3-14-11(5-10)6-13/h2-5,7H,6,8,13H2,1H3. The maximum atomic E-state index is 11.7. The molecule has 88 valence electrons. The fourth-order valence-corrected chi connectivity index (χ4v) is 1.55. The number of hydrogen-bond acceptors (Lipinski definition) is 4. The van der Waals surface area contributed by atoms with Gasteiger partial charge in [-0.15, -0.1) is 0 Å². The molecule has 5 nitrogen and oxygen atoms in total. The Morgan fingerprint density at radius 3 is 2.94 bits per heavy atom. The van der Waals surface area contributed by atoms with E-state index >= 15 is 0 Å². The Hall–Kier alpha value is -2.01. The van der Waals surface area contributed by atoms with Gasteiger partial charge in [-0.1, -0.05) is 0 Å². The van der Waals surface area contributed by atoms with E-state index in [2.05, 4.69) is 10.1 Å². The lowest BCUT2D eigenvalue weighted by Crippen LogP contribution is -2.22. The van der Waals surface area contributed by atoms with Gasteiger partial charge in [-0.25, -0.2) is 4.68 Å². The Labute approximate surface area is 98.9 Å². The number of aromatic nitrogens is 3. The van der Waals surface area contributed by atoms with Gasteiger partial charge in [0.15, 0.2) is 0 Å². The van der Waals surface area contributed by atoms with Gasteiger partial charge in [-0.3, -0.25) is 9.78 Å². The SMILES string of the molecule is Cc1cnn(Cc2ccnc(CN)c2)c(=O)c1. The van der Waals surface area contributed by atoms with Crippen molar-refractivity contribution in [2.75, 3.05) is 0 Å². The highest BCUT2D eigenvalue weighted by Gasteiger charge is 2.01. The summed E-state index contributed by atoms with van der Waals surface area (Å²) in [6.45, 7) is 2.68. The van der Waals surface area contributed by atoms with Crippen molar-refractivity contribution in [2.24, 2.45) is 5.73 Å². The Kier molecular flexibility index (Phi) is 3.30. The van der Waals surface area contributed by atoms with E-state index in [4.69, 9.17) is 5.73 Å². The fraction of sp³-hybridized carbons (Fsp3) is 0.250. The van der Waals surface area contributed by atoms with Gasteiger partial charge in [0.05, 0.1) is 18.4 Å². The average molecular weight is 230 g/mol. The molecule has 0 aliphatic heterocycles. The minimum absolute atomic E-state index is 0.101. The third-order valence-corrected chi connectivity index (χ3v) is 2.43. The molecule has 2 rings (SSSR count). The second kappa shape index (κ2) is 4.88. The average Bonchev–Trinajstić information content (AvgIpc) is 2.33. The first-order chi connectivity index (χ1) is 8.19. The fourth-order valence-electron chi connectivity index (χ4n) is 1.55. The third kappa shape index (κ3) is 2.76. The summed E-state index contributed by atoms with van der Waals surface area (Å²) in [5.41, 5.74) is 8.06. The van der Waals surface area contributed by atoms with Crippen molar-refractivity contribution in [1.29, 1.82) is 0 Å². The summed E-state index contributed by atoms with van der Waals surface area (Å²) >= 11 is 0. The molecule has 0 spiro atoms. The molecule has 0 saturated heterocycles. The minimum Gasteiger partial charge on any atom is -0.325 e. The lowest BCUT2D eigenvalue weighted by atomic mass is 10.2. The summed E-state index contributed by atoms with van der Waals surface area (Å²) in [4.78, 5) is 15.8. The molecule has 0 atom stereocenters. The Morgan fingerprint density at radius 1 is 1.41 bits per heavy atom. The van der Waals surface area contributed by atoms with Crippen molar-refractivity contribution in [1.82, 2.24) is 14.8 Å². The zero-order valence-corrected chi connectivity index (χ0v) is 9.63. The predicted octanol–water partition coefficient (Wildman–Crippen LogP) is 0.454. The van der Waals surface area contributed by atoms with Crippen molar-refractivity contribution >= 4 is 0 Å². The third-order valence-electron chi connectivity index (χ3n) is 2.43. The van der Waals surface area contributed by atoms with Gasteiger partial charge in [0, 0.05) is 18.8 Å². The van der Waals surface area contributed by atoms with Gasteiger partial charge in [-0.2, -0.15) is 5.10 Å². The molecular formula is C12H14N4O. The summed E-state index contributed by atoms with van der Waals surface area (Å²) in [7, 11) is 0. The molecule has 17 heavy (non-hydrogen) atoms. The Bertz CT molecular complexity index is 577. The normalized spacial score (nSPS) is 10.5. The van der Waals surface area contributed by atoms with Crippen LogP contribution in [0.4, 0.5) is 0 Å². The van der Waals surface area contributed by atoms with Crippen LogP contribution in [0, 0.1) is 6.92 Å². The summed E-state index contributed by atoms with van der Waals surface area (Å²) in [5.74, 6) is 0. The topological polar surface area (TPSA) is 73.8 Å². The van der Waals surface area contributed by atoms with Gasteiger partial charge in [0.1, 0.15) is 0 Å². The second-order valence-electron chi connectivity index (χ2n) is 3.89. The molecule has 2 heterocycles. The largest absolute Gasteiger partial charge is 0.325 e. The first-order valence-electron chi connectivity index (χ1n) is 5.36. The number of hydrogen-bond donors (Lipinski definition) is 1. The second-order valence-corrected chi connectivity index (χ2v) is 3.89. The number of pyridine rings is 1. The molecule has 0 aromatic carbocycles. The van der Waals surface area contributed by atoms with Crippen molar-refractivity contribution in [3.05, 3.63) is 57.8 Å². The molecule has 0 bridgehead atoms. The van der Waals surface area contributed by atoms with Crippen LogP contribution in [0.15, 0.2) is 35.4 Å². The van der Waals surface area contributed by atoms with Crippen molar-refractivity contribution < 1.29 is 0 Å². The highest BCUT2D eigenvalue weighted by atomic mass is 16.1. The van der Waals surface area contributed by atoms with Crippen LogP contribution in [-0.4, -0.2) is 14.8 Å². The van der Waals surface area contributed by atoms with E-state index < -0.39 is 0 Å². The van der Waals surface area contributed by atoms with E-state index in [9.17, 15) is 4.79 Å². The van der Waals surface area contributed by atoms with Crippen LogP contribution < -0.4 is 11.3 Å². The van der Waals surface area contributed by atoms with E-state index in [1.54, 1.807) is 18.5 Å². The minimum atomic E-state index is -0.101. The van der Waals surface area contributed by atoms with E-state index in [-0.39, 0.29) is 5.56 Å². The summed E-state index contributed by atoms with van der Waals surface area (Å²) in [5, 5.41) is 4.08. The quantitative estimate of drug-likeness (QED) is 0.831. The van der Waals surface area contributed by atoms with Gasteiger partial charge in [0.25, 0.3) is 5.56 Å². The monoisotopic (exact) mass is 230 g/mol. The highest BCUT2D eigenvalue weighted by Crippen LogP contribution is 2.02. The van der Waals surface area contributed by atoms with Crippen molar-refractivity contribution in [3.63, 3.8) is 0 Å². The first kappa shape index (κ1) is 11.5. The van der Waals surface area contributed by atoms with E-state index in [0.717, 1.165) is 16.8 Å². The van der Waals surface area contributed by atoms with Crippen molar-refractivity contribution in [2.45, 2.75) is 20.0 Å². The van der Waals surface area contributed by atoms with Crippen LogP contribution in [-0.2, 0) is 13.1 Å². The number of nitrogens with zero attached hydrogens (tertiary/aromatic N) is 3.